The fourth-order valence-corrected chi connectivity index (χ4v) is 1.19. The summed E-state index contributed by atoms with van der Waals surface area (Å²) in [5.74, 6) is -1.04. The summed E-state index contributed by atoms with van der Waals surface area (Å²) in [6.45, 7) is 0.473. The molecular weight excluding hydrogens is 212 g/mol. The van der Waals surface area contributed by atoms with Gasteiger partial charge in [-0.2, -0.15) is 0 Å². The minimum Gasteiger partial charge on any atom is -0.481 e. The fourth-order valence-electron chi connectivity index (χ4n) is 1.19. The smallest absolute Gasteiger partial charge is 0.305 e. The molecule has 0 heterocycles. The van der Waals surface area contributed by atoms with Crippen molar-refractivity contribution in [3.8, 4) is 0 Å². The molecule has 2 N–H and O–H groups in total. The third-order valence-corrected chi connectivity index (χ3v) is 2.09. The SMILES string of the molecule is O=C(O)CCCCCC(=O)OCCCCO. The number of ether oxygens (including phenoxy) is 1. The average molecular weight is 232 g/mol. The molecule has 0 fully saturated rings. The molecule has 0 amide bonds. The highest BCUT2D eigenvalue weighted by Gasteiger charge is 2.03. The van der Waals surface area contributed by atoms with Crippen LogP contribution in [0.25, 0.3) is 0 Å². The quantitative estimate of drug-likeness (QED) is 0.438. The summed E-state index contributed by atoms with van der Waals surface area (Å²) >= 11 is 0. The molecule has 0 aromatic heterocycles. The zero-order chi connectivity index (χ0) is 12.2. The van der Waals surface area contributed by atoms with Gasteiger partial charge in [0.15, 0.2) is 0 Å². The molecule has 0 aliphatic carbocycles. The number of hydrogen-bond donors (Lipinski definition) is 2. The van der Waals surface area contributed by atoms with Crippen molar-refractivity contribution in [2.24, 2.45) is 0 Å². The van der Waals surface area contributed by atoms with Gasteiger partial charge in [0, 0.05) is 19.4 Å². The number of carbonyl (C=O) groups is 2. The van der Waals surface area contributed by atoms with E-state index in [1.807, 2.05) is 0 Å². The standard InChI is InChI=1S/C11H20O5/c12-8-4-5-9-16-11(15)7-3-1-2-6-10(13)14/h12H,1-9H2,(H,13,14). The van der Waals surface area contributed by atoms with Crippen LogP contribution in [-0.2, 0) is 14.3 Å². The molecule has 0 aliphatic heterocycles. The maximum Gasteiger partial charge on any atom is 0.305 e. The minimum absolute atomic E-state index is 0.118. The predicted octanol–water partition coefficient (Wildman–Crippen LogP) is 1.34. The molecule has 0 unspecified atom stereocenters. The van der Waals surface area contributed by atoms with Gasteiger partial charge in [-0.05, 0) is 25.7 Å². The first kappa shape index (κ1) is 14.9. The zero-order valence-electron chi connectivity index (χ0n) is 9.48. The highest BCUT2D eigenvalue weighted by molar-refractivity contribution is 5.69. The van der Waals surface area contributed by atoms with Crippen LogP contribution in [0.4, 0.5) is 0 Å². The van der Waals surface area contributed by atoms with E-state index in [0.717, 1.165) is 6.42 Å². The van der Waals surface area contributed by atoms with Gasteiger partial charge in [0.1, 0.15) is 0 Å². The van der Waals surface area contributed by atoms with Crippen molar-refractivity contribution in [1.29, 1.82) is 0 Å². The highest BCUT2D eigenvalue weighted by Crippen LogP contribution is 2.04. The lowest BCUT2D eigenvalue weighted by Gasteiger charge is -2.03. The molecular formula is C11H20O5. The van der Waals surface area contributed by atoms with Crippen LogP contribution in [0, 0.1) is 0 Å². The number of hydrogen-bond acceptors (Lipinski definition) is 4. The van der Waals surface area contributed by atoms with Crippen LogP contribution >= 0.6 is 0 Å². The molecule has 94 valence electrons. The normalized spacial score (nSPS) is 10.1. The Balaban J connectivity index is 3.20. The predicted molar refractivity (Wildman–Crippen MR) is 58.0 cm³/mol. The second kappa shape index (κ2) is 10.4. The van der Waals surface area contributed by atoms with Crippen molar-refractivity contribution in [2.45, 2.75) is 44.9 Å². The number of esters is 1. The van der Waals surface area contributed by atoms with E-state index in [4.69, 9.17) is 14.9 Å². The van der Waals surface area contributed by atoms with Crippen LogP contribution in [0.5, 0.6) is 0 Å². The van der Waals surface area contributed by atoms with Gasteiger partial charge in [0.05, 0.1) is 6.61 Å². The Bertz CT molecular complexity index is 203. The molecule has 5 heteroatoms. The van der Waals surface area contributed by atoms with E-state index in [2.05, 4.69) is 0 Å². The van der Waals surface area contributed by atoms with E-state index in [-0.39, 0.29) is 19.0 Å². The first-order chi connectivity index (χ1) is 7.66. The molecule has 0 aliphatic rings. The Kier molecular flexibility index (Phi) is 9.70. The topological polar surface area (TPSA) is 83.8 Å². The van der Waals surface area contributed by atoms with E-state index < -0.39 is 5.97 Å². The number of carboxylic acids is 1. The molecule has 5 nitrogen and oxygen atoms in total. The summed E-state index contributed by atoms with van der Waals surface area (Å²) in [6, 6.07) is 0. The van der Waals surface area contributed by atoms with Gasteiger partial charge < -0.3 is 14.9 Å². The maximum atomic E-state index is 11.1. The van der Waals surface area contributed by atoms with Crippen molar-refractivity contribution >= 4 is 11.9 Å². The average Bonchev–Trinajstić information content (AvgIpc) is 2.23. The van der Waals surface area contributed by atoms with Gasteiger partial charge in [0.25, 0.3) is 0 Å². The van der Waals surface area contributed by atoms with E-state index in [0.29, 0.717) is 38.7 Å². The van der Waals surface area contributed by atoms with E-state index >= 15 is 0 Å². The van der Waals surface area contributed by atoms with E-state index in [1.54, 1.807) is 0 Å². The van der Waals surface area contributed by atoms with Gasteiger partial charge in [-0.1, -0.05) is 6.42 Å². The highest BCUT2D eigenvalue weighted by atomic mass is 16.5. The lowest BCUT2D eigenvalue weighted by molar-refractivity contribution is -0.144. The molecule has 0 rings (SSSR count). The fraction of sp³-hybridized carbons (Fsp3) is 0.818. The third-order valence-electron chi connectivity index (χ3n) is 2.09. The number of rotatable bonds is 10. The number of aliphatic hydroxyl groups is 1. The van der Waals surface area contributed by atoms with Crippen molar-refractivity contribution in [1.82, 2.24) is 0 Å². The molecule has 0 aromatic rings. The van der Waals surface area contributed by atoms with Crippen LogP contribution < -0.4 is 0 Å². The molecule has 0 saturated heterocycles. The molecule has 0 atom stereocenters. The Morgan fingerprint density at radius 3 is 2.25 bits per heavy atom. The first-order valence-electron chi connectivity index (χ1n) is 5.65. The third kappa shape index (κ3) is 11.0. The van der Waals surface area contributed by atoms with E-state index in [9.17, 15) is 9.59 Å². The molecule has 0 radical (unpaired) electrons. The Morgan fingerprint density at radius 1 is 0.938 bits per heavy atom. The van der Waals surface area contributed by atoms with Crippen LogP contribution in [0.1, 0.15) is 44.9 Å². The van der Waals surface area contributed by atoms with Gasteiger partial charge >= 0.3 is 11.9 Å². The number of carboxylic acid groups (broad SMARTS) is 1. The van der Waals surface area contributed by atoms with Crippen molar-refractivity contribution in [2.75, 3.05) is 13.2 Å². The summed E-state index contributed by atoms with van der Waals surface area (Å²) in [6.07, 6.45) is 3.84. The van der Waals surface area contributed by atoms with Crippen LogP contribution in [0.2, 0.25) is 0 Å². The number of aliphatic hydroxyl groups excluding tert-OH is 1. The lowest BCUT2D eigenvalue weighted by Crippen LogP contribution is -2.06. The minimum atomic E-state index is -0.799. The largest absolute Gasteiger partial charge is 0.481 e. The Labute approximate surface area is 95.4 Å². The summed E-state index contributed by atoms with van der Waals surface area (Å²) in [4.78, 5) is 21.3. The first-order valence-corrected chi connectivity index (χ1v) is 5.65. The van der Waals surface area contributed by atoms with Gasteiger partial charge in [-0.3, -0.25) is 9.59 Å². The molecule has 0 spiro atoms. The second-order valence-electron chi connectivity index (χ2n) is 3.61. The van der Waals surface area contributed by atoms with Crippen LogP contribution in [0.3, 0.4) is 0 Å². The lowest BCUT2D eigenvalue weighted by atomic mass is 10.1. The maximum absolute atomic E-state index is 11.1. The summed E-state index contributed by atoms with van der Waals surface area (Å²) in [5, 5.41) is 16.9. The second-order valence-corrected chi connectivity index (χ2v) is 3.61. The summed E-state index contributed by atoms with van der Waals surface area (Å²) in [7, 11) is 0. The molecule has 0 aromatic carbocycles. The van der Waals surface area contributed by atoms with Gasteiger partial charge in [-0.25, -0.2) is 0 Å². The molecule has 0 bridgehead atoms. The zero-order valence-corrected chi connectivity index (χ0v) is 9.48. The monoisotopic (exact) mass is 232 g/mol. The van der Waals surface area contributed by atoms with Crippen molar-refractivity contribution < 1.29 is 24.5 Å². The van der Waals surface area contributed by atoms with E-state index in [1.165, 1.54) is 0 Å². The van der Waals surface area contributed by atoms with Gasteiger partial charge in [-0.15, -0.1) is 0 Å². The van der Waals surface area contributed by atoms with Crippen LogP contribution in [0.15, 0.2) is 0 Å². The molecule has 16 heavy (non-hydrogen) atoms. The van der Waals surface area contributed by atoms with Gasteiger partial charge in [0.2, 0.25) is 0 Å². The number of aliphatic carboxylic acids is 1. The van der Waals surface area contributed by atoms with Crippen molar-refractivity contribution in [3.05, 3.63) is 0 Å². The number of carbonyl (C=O) groups excluding carboxylic acids is 1. The summed E-state index contributed by atoms with van der Waals surface area (Å²) in [5.41, 5.74) is 0. The number of unbranched alkanes of at least 4 members (excludes halogenated alkanes) is 3. The van der Waals surface area contributed by atoms with Crippen molar-refractivity contribution in [3.63, 3.8) is 0 Å². The Morgan fingerprint density at radius 2 is 1.62 bits per heavy atom. The molecule has 0 saturated carbocycles. The van der Waals surface area contributed by atoms with Crippen LogP contribution in [-0.4, -0.2) is 35.4 Å². The Hall–Kier alpha value is -1.10. The summed E-state index contributed by atoms with van der Waals surface area (Å²) < 4.78 is 4.91.